The normalized spacial score (nSPS) is 13.9. The van der Waals surface area contributed by atoms with Gasteiger partial charge in [-0.05, 0) is 61.7 Å². The third kappa shape index (κ3) is 7.45. The van der Waals surface area contributed by atoms with E-state index in [9.17, 15) is 9.59 Å². The maximum Gasteiger partial charge on any atom is 0.253 e. The third-order valence-corrected chi connectivity index (χ3v) is 5.84. The summed E-state index contributed by atoms with van der Waals surface area (Å²) >= 11 is 6.25. The number of hydrogen-bond donors (Lipinski definition) is 3. The molecular weight excluding hydrogens is 426 g/mol. The van der Waals surface area contributed by atoms with Gasteiger partial charge in [-0.15, -0.1) is 0 Å². The van der Waals surface area contributed by atoms with Crippen LogP contribution in [0.1, 0.15) is 62.2 Å². The molecule has 3 N–H and O–H groups in total. The number of hydrogen-bond acceptors (Lipinski definition) is 4. The van der Waals surface area contributed by atoms with Crippen LogP contribution in [-0.2, 0) is 4.79 Å². The number of ether oxygens (including phenoxy) is 1. The fourth-order valence-corrected chi connectivity index (χ4v) is 3.88. The fourth-order valence-electron chi connectivity index (χ4n) is 3.68. The predicted octanol–water partition coefficient (Wildman–Crippen LogP) is 5.63. The van der Waals surface area contributed by atoms with Gasteiger partial charge in [0.2, 0.25) is 5.91 Å². The zero-order valence-corrected chi connectivity index (χ0v) is 19.3. The van der Waals surface area contributed by atoms with Crippen molar-refractivity contribution >= 4 is 34.8 Å². The second-order valence-corrected chi connectivity index (χ2v) is 8.54. The van der Waals surface area contributed by atoms with E-state index in [0.717, 1.165) is 44.3 Å². The first-order valence-electron chi connectivity index (χ1n) is 11.4. The monoisotopic (exact) mass is 457 g/mol. The van der Waals surface area contributed by atoms with Crippen LogP contribution in [0.3, 0.4) is 0 Å². The summed E-state index contributed by atoms with van der Waals surface area (Å²) in [6.07, 6.45) is 7.63. The summed E-state index contributed by atoms with van der Waals surface area (Å²) in [5, 5.41) is 9.39. The average molecular weight is 458 g/mol. The van der Waals surface area contributed by atoms with E-state index in [4.69, 9.17) is 16.3 Å². The Morgan fingerprint density at radius 2 is 1.75 bits per heavy atom. The molecule has 0 saturated heterocycles. The smallest absolute Gasteiger partial charge is 0.253 e. The van der Waals surface area contributed by atoms with Crippen molar-refractivity contribution in [3.63, 3.8) is 0 Å². The number of nitrogens with one attached hydrogen (secondary N) is 3. The molecule has 0 radical (unpaired) electrons. The van der Waals surface area contributed by atoms with Gasteiger partial charge in [0.1, 0.15) is 5.75 Å². The molecule has 0 spiro atoms. The minimum absolute atomic E-state index is 0.0695. The molecule has 1 aliphatic rings. The lowest BCUT2D eigenvalue weighted by Gasteiger charge is -2.23. The molecule has 0 atom stereocenters. The number of unbranched alkanes of at least 4 members (excludes halogenated alkanes) is 1. The maximum absolute atomic E-state index is 12.7. The van der Waals surface area contributed by atoms with E-state index in [1.54, 1.807) is 18.2 Å². The van der Waals surface area contributed by atoms with Gasteiger partial charge in [0, 0.05) is 17.4 Å². The number of halogens is 1. The lowest BCUT2D eigenvalue weighted by molar-refractivity contribution is -0.114. The fraction of sp³-hybridized carbons (Fsp3) is 0.440. The highest BCUT2D eigenvalue weighted by molar-refractivity contribution is 6.34. The number of benzene rings is 2. The zero-order valence-electron chi connectivity index (χ0n) is 18.6. The van der Waals surface area contributed by atoms with E-state index in [1.807, 2.05) is 24.3 Å². The Hall–Kier alpha value is -2.73. The highest BCUT2D eigenvalue weighted by atomic mass is 35.5. The SMILES string of the molecule is CCCCOc1ccc(NC(=O)CNc2ccc(Cl)c(C(=O)NC3CCCCC3)c2)cc1. The van der Waals surface area contributed by atoms with Gasteiger partial charge in [-0.2, -0.15) is 0 Å². The van der Waals surface area contributed by atoms with Gasteiger partial charge in [0.25, 0.3) is 5.91 Å². The molecule has 0 aromatic heterocycles. The molecule has 2 aromatic carbocycles. The van der Waals surface area contributed by atoms with Gasteiger partial charge in [-0.3, -0.25) is 9.59 Å². The van der Waals surface area contributed by atoms with Gasteiger partial charge in [-0.25, -0.2) is 0 Å². The van der Waals surface area contributed by atoms with Crippen LogP contribution in [0.25, 0.3) is 0 Å². The molecule has 1 saturated carbocycles. The van der Waals surface area contributed by atoms with Crippen LogP contribution in [-0.4, -0.2) is 31.0 Å². The molecule has 2 aromatic rings. The van der Waals surface area contributed by atoms with Crippen molar-refractivity contribution in [2.45, 2.75) is 57.9 Å². The van der Waals surface area contributed by atoms with Crippen LogP contribution in [0.2, 0.25) is 5.02 Å². The Bertz CT molecular complexity index is 896. The van der Waals surface area contributed by atoms with E-state index < -0.39 is 0 Å². The van der Waals surface area contributed by atoms with Crippen LogP contribution in [0, 0.1) is 0 Å². The van der Waals surface area contributed by atoms with E-state index in [2.05, 4.69) is 22.9 Å². The quantitative estimate of drug-likeness (QED) is 0.404. The lowest BCUT2D eigenvalue weighted by Crippen LogP contribution is -2.36. The third-order valence-electron chi connectivity index (χ3n) is 5.51. The molecule has 1 fully saturated rings. The van der Waals surface area contributed by atoms with Crippen LogP contribution in [0.5, 0.6) is 5.75 Å². The zero-order chi connectivity index (χ0) is 22.8. The van der Waals surface area contributed by atoms with Crippen LogP contribution < -0.4 is 20.7 Å². The molecule has 0 heterocycles. The number of carbonyl (C=O) groups excluding carboxylic acids is 2. The molecule has 0 aliphatic heterocycles. The maximum atomic E-state index is 12.7. The molecule has 6 nitrogen and oxygen atoms in total. The Morgan fingerprint density at radius 1 is 1.03 bits per heavy atom. The van der Waals surface area contributed by atoms with Crippen molar-refractivity contribution in [3.05, 3.63) is 53.1 Å². The Morgan fingerprint density at radius 3 is 2.47 bits per heavy atom. The lowest BCUT2D eigenvalue weighted by atomic mass is 9.95. The Balaban J connectivity index is 1.49. The molecular formula is C25H32ClN3O3. The van der Waals surface area contributed by atoms with Crippen molar-refractivity contribution < 1.29 is 14.3 Å². The van der Waals surface area contributed by atoms with Gasteiger partial charge in [0.15, 0.2) is 0 Å². The van der Waals surface area contributed by atoms with E-state index in [1.165, 1.54) is 6.42 Å². The largest absolute Gasteiger partial charge is 0.494 e. The van der Waals surface area contributed by atoms with Gasteiger partial charge >= 0.3 is 0 Å². The average Bonchev–Trinajstić information content (AvgIpc) is 2.80. The highest BCUT2D eigenvalue weighted by Crippen LogP contribution is 2.23. The Labute approximate surface area is 195 Å². The van der Waals surface area contributed by atoms with Crippen LogP contribution in [0.15, 0.2) is 42.5 Å². The number of rotatable bonds is 10. The van der Waals surface area contributed by atoms with Crippen molar-refractivity contribution in [1.82, 2.24) is 5.32 Å². The Kier molecular flexibility index (Phi) is 9.23. The van der Waals surface area contributed by atoms with E-state index in [-0.39, 0.29) is 24.4 Å². The topological polar surface area (TPSA) is 79.5 Å². The molecule has 7 heteroatoms. The first-order valence-corrected chi connectivity index (χ1v) is 11.8. The summed E-state index contributed by atoms with van der Waals surface area (Å²) in [6.45, 7) is 2.88. The molecule has 0 unspecified atom stereocenters. The second-order valence-electron chi connectivity index (χ2n) is 8.13. The van der Waals surface area contributed by atoms with Crippen LogP contribution >= 0.6 is 11.6 Å². The van der Waals surface area contributed by atoms with Crippen molar-refractivity contribution in [2.24, 2.45) is 0 Å². The second kappa shape index (κ2) is 12.3. The first-order chi connectivity index (χ1) is 15.5. The standard InChI is InChI=1S/C25H32ClN3O3/c1-2-3-15-32-21-12-9-19(10-13-21)28-24(30)17-27-20-11-14-23(26)22(16-20)25(31)29-18-7-5-4-6-8-18/h9-14,16,18,27H,2-8,15,17H2,1H3,(H,28,30)(H,29,31). The molecule has 1 aliphatic carbocycles. The molecule has 3 rings (SSSR count). The van der Waals surface area contributed by atoms with Crippen molar-refractivity contribution in [3.8, 4) is 5.75 Å². The number of amides is 2. The first kappa shape index (κ1) is 23.9. The summed E-state index contributed by atoms with van der Waals surface area (Å²) in [5.74, 6) is 0.429. The predicted molar refractivity (Wildman–Crippen MR) is 130 cm³/mol. The van der Waals surface area contributed by atoms with Crippen molar-refractivity contribution in [2.75, 3.05) is 23.8 Å². The highest BCUT2D eigenvalue weighted by Gasteiger charge is 2.18. The number of anilines is 2. The molecule has 172 valence electrons. The summed E-state index contributed by atoms with van der Waals surface area (Å²) in [5.41, 5.74) is 1.78. The summed E-state index contributed by atoms with van der Waals surface area (Å²) in [6, 6.07) is 12.6. The molecule has 32 heavy (non-hydrogen) atoms. The minimum Gasteiger partial charge on any atom is -0.494 e. The number of carbonyl (C=O) groups is 2. The molecule has 0 bridgehead atoms. The van der Waals surface area contributed by atoms with Gasteiger partial charge in [-0.1, -0.05) is 44.2 Å². The summed E-state index contributed by atoms with van der Waals surface area (Å²) < 4.78 is 5.63. The van der Waals surface area contributed by atoms with Crippen molar-refractivity contribution in [1.29, 1.82) is 0 Å². The van der Waals surface area contributed by atoms with E-state index >= 15 is 0 Å². The van der Waals surface area contributed by atoms with Crippen LogP contribution in [0.4, 0.5) is 11.4 Å². The van der Waals surface area contributed by atoms with Gasteiger partial charge < -0.3 is 20.7 Å². The van der Waals surface area contributed by atoms with E-state index in [0.29, 0.717) is 28.6 Å². The molecule has 2 amide bonds. The minimum atomic E-state index is -0.187. The summed E-state index contributed by atoms with van der Waals surface area (Å²) in [7, 11) is 0. The van der Waals surface area contributed by atoms with Gasteiger partial charge in [0.05, 0.1) is 23.7 Å². The summed E-state index contributed by atoms with van der Waals surface area (Å²) in [4.78, 5) is 25.0.